The first-order chi connectivity index (χ1) is 10.2. The zero-order valence-electron chi connectivity index (χ0n) is 11.1. The predicted octanol–water partition coefficient (Wildman–Crippen LogP) is 5.06. The second-order valence-electron chi connectivity index (χ2n) is 4.27. The molecule has 0 heterocycles. The van der Waals surface area contributed by atoms with Gasteiger partial charge >= 0.3 is 0 Å². The Balaban J connectivity index is 2.30. The molecule has 2 atom stereocenters. The third kappa shape index (κ3) is 3.60. The molecular weight excluding hydrogens is 303 g/mol. The predicted molar refractivity (Wildman–Crippen MR) is 87.1 cm³/mol. The Bertz CT molecular complexity index is 648. The molecule has 3 heteroatoms. The molecule has 0 bridgehead atoms. The van der Waals surface area contributed by atoms with E-state index >= 15 is 0 Å². The number of terminal acetylenes is 2. The van der Waals surface area contributed by atoms with E-state index in [2.05, 4.69) is 11.8 Å². The van der Waals surface area contributed by atoms with Crippen molar-refractivity contribution in [3.63, 3.8) is 0 Å². The van der Waals surface area contributed by atoms with Crippen molar-refractivity contribution in [1.82, 2.24) is 0 Å². The molecule has 2 aromatic rings. The molecule has 0 N–H and O–H groups in total. The monoisotopic (exact) mass is 314 g/mol. The molecular formula is C18H12Cl2O. The first-order valence-corrected chi connectivity index (χ1v) is 6.99. The van der Waals surface area contributed by atoms with Crippen molar-refractivity contribution in [1.29, 1.82) is 0 Å². The Hall–Kier alpha value is -1.90. The molecule has 0 spiro atoms. The van der Waals surface area contributed by atoms with Gasteiger partial charge in [-0.05, 0) is 12.1 Å². The van der Waals surface area contributed by atoms with E-state index in [1.807, 2.05) is 36.4 Å². The Morgan fingerprint density at radius 2 is 1.14 bits per heavy atom. The highest BCUT2D eigenvalue weighted by molar-refractivity contribution is 6.31. The highest BCUT2D eigenvalue weighted by atomic mass is 35.5. The minimum absolute atomic E-state index is 0.537. The van der Waals surface area contributed by atoms with Gasteiger partial charge in [-0.15, -0.1) is 12.8 Å². The second kappa shape index (κ2) is 7.21. The molecule has 2 rings (SSSR count). The van der Waals surface area contributed by atoms with Crippen LogP contribution in [0.25, 0.3) is 0 Å². The van der Waals surface area contributed by atoms with Crippen LogP contribution >= 0.6 is 23.2 Å². The van der Waals surface area contributed by atoms with Crippen LogP contribution < -0.4 is 0 Å². The minimum Gasteiger partial charge on any atom is -0.340 e. The van der Waals surface area contributed by atoms with Gasteiger partial charge in [0.2, 0.25) is 0 Å². The zero-order valence-corrected chi connectivity index (χ0v) is 12.6. The first kappa shape index (κ1) is 15.5. The summed E-state index contributed by atoms with van der Waals surface area (Å²) in [6, 6.07) is 14.5. The van der Waals surface area contributed by atoms with Gasteiger partial charge in [-0.25, -0.2) is 0 Å². The van der Waals surface area contributed by atoms with Crippen molar-refractivity contribution in [2.45, 2.75) is 12.2 Å². The molecule has 104 valence electrons. The number of benzene rings is 2. The fraction of sp³-hybridized carbons (Fsp3) is 0.111. The van der Waals surface area contributed by atoms with E-state index in [1.54, 1.807) is 12.1 Å². The summed E-state index contributed by atoms with van der Waals surface area (Å²) >= 11 is 12.3. The van der Waals surface area contributed by atoms with Crippen molar-refractivity contribution >= 4 is 23.2 Å². The summed E-state index contributed by atoms with van der Waals surface area (Å²) in [5.74, 6) is 5.14. The number of halogens is 2. The van der Waals surface area contributed by atoms with E-state index in [9.17, 15) is 0 Å². The van der Waals surface area contributed by atoms with Crippen LogP contribution in [0.5, 0.6) is 0 Å². The summed E-state index contributed by atoms with van der Waals surface area (Å²) in [6.07, 6.45) is 9.83. The smallest absolute Gasteiger partial charge is 0.146 e. The number of hydrogen-bond acceptors (Lipinski definition) is 1. The summed E-state index contributed by atoms with van der Waals surface area (Å²) in [5.41, 5.74) is 1.41. The molecule has 0 aliphatic carbocycles. The molecule has 1 nitrogen and oxygen atoms in total. The van der Waals surface area contributed by atoms with Gasteiger partial charge in [0.25, 0.3) is 0 Å². The lowest BCUT2D eigenvalue weighted by Gasteiger charge is -2.20. The van der Waals surface area contributed by atoms with E-state index in [0.29, 0.717) is 21.2 Å². The standard InChI is InChI=1S/C18H12Cl2O/c1-3-17(13-9-5-7-11-15(13)19)21-18(4-2)14-10-6-8-12-16(14)20/h1-2,5-12,17-18H. The van der Waals surface area contributed by atoms with Gasteiger partial charge in [0.15, 0.2) is 0 Å². The number of ether oxygens (including phenoxy) is 1. The fourth-order valence-electron chi connectivity index (χ4n) is 1.92. The molecule has 2 aromatic carbocycles. The van der Waals surface area contributed by atoms with Crippen LogP contribution in [0.1, 0.15) is 23.3 Å². The Kier molecular flexibility index (Phi) is 5.32. The van der Waals surface area contributed by atoms with E-state index in [1.165, 1.54) is 0 Å². The largest absolute Gasteiger partial charge is 0.340 e. The van der Waals surface area contributed by atoms with Crippen molar-refractivity contribution in [2.75, 3.05) is 0 Å². The van der Waals surface area contributed by atoms with Gasteiger partial charge in [0.1, 0.15) is 12.2 Å². The third-order valence-corrected chi connectivity index (χ3v) is 3.64. The molecule has 2 unspecified atom stereocenters. The summed E-state index contributed by atoms with van der Waals surface area (Å²) in [6.45, 7) is 0. The molecule has 0 saturated carbocycles. The quantitative estimate of drug-likeness (QED) is 0.717. The summed E-state index contributed by atoms with van der Waals surface area (Å²) in [4.78, 5) is 0. The number of hydrogen-bond donors (Lipinski definition) is 0. The second-order valence-corrected chi connectivity index (χ2v) is 5.09. The average molecular weight is 315 g/mol. The molecule has 0 saturated heterocycles. The van der Waals surface area contributed by atoms with Crippen molar-refractivity contribution in [3.8, 4) is 24.7 Å². The summed E-state index contributed by atoms with van der Waals surface area (Å²) in [5, 5.41) is 1.07. The van der Waals surface area contributed by atoms with Crippen molar-refractivity contribution in [2.24, 2.45) is 0 Å². The van der Waals surface area contributed by atoms with E-state index in [-0.39, 0.29) is 0 Å². The van der Waals surface area contributed by atoms with Gasteiger partial charge in [-0.3, -0.25) is 0 Å². The average Bonchev–Trinajstić information content (AvgIpc) is 2.51. The van der Waals surface area contributed by atoms with Crippen LogP contribution in [-0.2, 0) is 4.74 Å². The normalized spacial score (nSPS) is 13.0. The third-order valence-electron chi connectivity index (χ3n) is 2.95. The van der Waals surface area contributed by atoms with Gasteiger partial charge in [0, 0.05) is 21.2 Å². The van der Waals surface area contributed by atoms with Crippen LogP contribution in [0, 0.1) is 24.7 Å². The van der Waals surface area contributed by atoms with Crippen LogP contribution in [0.15, 0.2) is 48.5 Å². The zero-order chi connectivity index (χ0) is 15.2. The maximum absolute atomic E-state index is 6.15. The maximum Gasteiger partial charge on any atom is 0.146 e. The van der Waals surface area contributed by atoms with Gasteiger partial charge < -0.3 is 4.74 Å². The van der Waals surface area contributed by atoms with E-state index in [4.69, 9.17) is 40.8 Å². The maximum atomic E-state index is 6.15. The lowest BCUT2D eigenvalue weighted by Crippen LogP contribution is -2.09. The van der Waals surface area contributed by atoms with Crippen LogP contribution in [0.2, 0.25) is 10.0 Å². The Labute approximate surface area is 134 Å². The minimum atomic E-state index is -0.643. The van der Waals surface area contributed by atoms with Crippen LogP contribution in [0.4, 0.5) is 0 Å². The molecule has 21 heavy (non-hydrogen) atoms. The van der Waals surface area contributed by atoms with Gasteiger partial charge in [-0.2, -0.15) is 0 Å². The lowest BCUT2D eigenvalue weighted by atomic mass is 10.1. The molecule has 0 radical (unpaired) electrons. The van der Waals surface area contributed by atoms with E-state index in [0.717, 1.165) is 0 Å². The first-order valence-electron chi connectivity index (χ1n) is 6.24. The molecule has 0 amide bonds. The topological polar surface area (TPSA) is 9.23 Å². The molecule has 0 aliphatic heterocycles. The SMILES string of the molecule is C#CC(OC(C#C)c1ccccc1Cl)c1ccccc1Cl. The van der Waals surface area contributed by atoms with Crippen molar-refractivity contribution in [3.05, 3.63) is 69.7 Å². The van der Waals surface area contributed by atoms with E-state index < -0.39 is 12.2 Å². The molecule has 0 aromatic heterocycles. The fourth-order valence-corrected chi connectivity index (χ4v) is 2.39. The van der Waals surface area contributed by atoms with Crippen LogP contribution in [0.3, 0.4) is 0 Å². The molecule has 0 aliphatic rings. The molecule has 0 fully saturated rings. The van der Waals surface area contributed by atoms with Crippen LogP contribution in [-0.4, -0.2) is 0 Å². The van der Waals surface area contributed by atoms with Gasteiger partial charge in [0.05, 0.1) is 0 Å². The Morgan fingerprint density at radius 3 is 1.48 bits per heavy atom. The highest BCUT2D eigenvalue weighted by Gasteiger charge is 2.20. The summed E-state index contributed by atoms with van der Waals surface area (Å²) < 4.78 is 5.84. The number of rotatable bonds is 4. The lowest BCUT2D eigenvalue weighted by molar-refractivity contribution is 0.0517. The Morgan fingerprint density at radius 1 is 0.762 bits per heavy atom. The van der Waals surface area contributed by atoms with Crippen molar-refractivity contribution < 1.29 is 4.74 Å². The highest BCUT2D eigenvalue weighted by Crippen LogP contribution is 2.32. The van der Waals surface area contributed by atoms with Gasteiger partial charge in [-0.1, -0.05) is 71.4 Å². The summed E-state index contributed by atoms with van der Waals surface area (Å²) in [7, 11) is 0.